The van der Waals surface area contributed by atoms with Crippen LogP contribution in [0.3, 0.4) is 0 Å². The molecule has 0 saturated carbocycles. The van der Waals surface area contributed by atoms with Gasteiger partial charge in [-0.25, -0.2) is 0 Å². The van der Waals surface area contributed by atoms with Crippen LogP contribution in [0.2, 0.25) is 0 Å². The van der Waals surface area contributed by atoms with Crippen LogP contribution < -0.4 is 5.43 Å². The molecule has 84 valence electrons. The molecule has 3 rings (SSSR count). The lowest BCUT2D eigenvalue weighted by molar-refractivity contribution is 1.40. The predicted octanol–water partition coefficient (Wildman–Crippen LogP) is 3.59. The average molecular weight is 335 g/mol. The molecule has 0 aliphatic heterocycles. The van der Waals surface area contributed by atoms with Crippen molar-refractivity contribution >= 4 is 44.4 Å². The van der Waals surface area contributed by atoms with Gasteiger partial charge in [-0.3, -0.25) is 4.79 Å². The van der Waals surface area contributed by atoms with E-state index in [-0.39, 0.29) is 5.43 Å². The predicted molar refractivity (Wildman–Crippen MR) is 79.5 cm³/mol. The Labute approximate surface area is 112 Å². The summed E-state index contributed by atoms with van der Waals surface area (Å²) in [4.78, 5) is 15.8. The van der Waals surface area contributed by atoms with Gasteiger partial charge in [0.05, 0.1) is 10.9 Å². The fraction of sp³-hybridized carbons (Fsp3) is 0.0714. The van der Waals surface area contributed by atoms with E-state index in [9.17, 15) is 4.79 Å². The second-order valence-electron chi connectivity index (χ2n) is 4.11. The van der Waals surface area contributed by atoms with Crippen LogP contribution in [0.15, 0.2) is 41.2 Å². The standard InChI is InChI=1S/C14H10INO/c1-8-6-7-10(15)12-13(8)16-11-5-3-2-4-9(11)14(12)17/h2-7H,1H3,(H,16,17). The lowest BCUT2D eigenvalue weighted by Crippen LogP contribution is -2.06. The van der Waals surface area contributed by atoms with Crippen molar-refractivity contribution in [2.75, 3.05) is 0 Å². The topological polar surface area (TPSA) is 32.9 Å². The van der Waals surface area contributed by atoms with Crippen molar-refractivity contribution in [3.05, 3.63) is 55.8 Å². The summed E-state index contributed by atoms with van der Waals surface area (Å²) in [5.41, 5.74) is 3.06. The fourth-order valence-corrected chi connectivity index (χ4v) is 2.82. The number of hydrogen-bond acceptors (Lipinski definition) is 1. The molecule has 0 aliphatic rings. The molecule has 0 aliphatic carbocycles. The van der Waals surface area contributed by atoms with Gasteiger partial charge >= 0.3 is 0 Å². The average Bonchev–Trinajstić information content (AvgIpc) is 2.34. The fourth-order valence-electron chi connectivity index (χ4n) is 2.12. The summed E-state index contributed by atoms with van der Waals surface area (Å²) in [6.07, 6.45) is 0. The van der Waals surface area contributed by atoms with E-state index < -0.39 is 0 Å². The lowest BCUT2D eigenvalue weighted by Gasteiger charge is -2.06. The Hall–Kier alpha value is -1.36. The van der Waals surface area contributed by atoms with Crippen molar-refractivity contribution in [2.24, 2.45) is 0 Å². The van der Waals surface area contributed by atoms with Crippen LogP contribution in [-0.4, -0.2) is 4.98 Å². The van der Waals surface area contributed by atoms with Gasteiger partial charge < -0.3 is 4.98 Å². The number of aromatic nitrogens is 1. The normalized spacial score (nSPS) is 11.2. The highest BCUT2D eigenvalue weighted by molar-refractivity contribution is 14.1. The number of benzene rings is 2. The Balaban J connectivity index is 2.69. The van der Waals surface area contributed by atoms with E-state index in [1.807, 2.05) is 43.3 Å². The molecule has 2 nitrogen and oxygen atoms in total. The van der Waals surface area contributed by atoms with Crippen molar-refractivity contribution in [2.45, 2.75) is 6.92 Å². The number of fused-ring (bicyclic) bond motifs is 2. The first-order valence-corrected chi connectivity index (χ1v) is 6.46. The van der Waals surface area contributed by atoms with Gasteiger partial charge in [0.1, 0.15) is 0 Å². The van der Waals surface area contributed by atoms with Crippen molar-refractivity contribution in [3.63, 3.8) is 0 Å². The maximum atomic E-state index is 12.4. The summed E-state index contributed by atoms with van der Waals surface area (Å²) < 4.78 is 0.996. The minimum absolute atomic E-state index is 0.113. The van der Waals surface area contributed by atoms with E-state index in [0.29, 0.717) is 0 Å². The first-order chi connectivity index (χ1) is 8.18. The maximum absolute atomic E-state index is 12.4. The Kier molecular flexibility index (Phi) is 2.43. The minimum Gasteiger partial charge on any atom is -0.354 e. The Morgan fingerprint density at radius 3 is 2.71 bits per heavy atom. The van der Waals surface area contributed by atoms with Crippen molar-refractivity contribution in [1.82, 2.24) is 4.98 Å². The molecule has 0 radical (unpaired) electrons. The molecule has 0 atom stereocenters. The number of para-hydroxylation sites is 1. The molecular weight excluding hydrogens is 325 g/mol. The molecule has 3 aromatic rings. The SMILES string of the molecule is Cc1ccc(I)c2c(=O)c3ccccc3[nH]c12. The van der Waals surface area contributed by atoms with E-state index in [1.165, 1.54) is 0 Å². The second-order valence-corrected chi connectivity index (χ2v) is 5.28. The number of halogens is 1. The van der Waals surface area contributed by atoms with E-state index in [2.05, 4.69) is 27.6 Å². The molecule has 0 amide bonds. The quantitative estimate of drug-likeness (QED) is 0.494. The monoisotopic (exact) mass is 335 g/mol. The van der Waals surface area contributed by atoms with Crippen LogP contribution in [0.25, 0.3) is 21.8 Å². The van der Waals surface area contributed by atoms with E-state index in [4.69, 9.17) is 0 Å². The molecule has 3 heteroatoms. The van der Waals surface area contributed by atoms with Gasteiger partial charge in [0.25, 0.3) is 0 Å². The zero-order valence-corrected chi connectivity index (χ0v) is 11.4. The van der Waals surface area contributed by atoms with Gasteiger partial charge in [0, 0.05) is 14.5 Å². The van der Waals surface area contributed by atoms with Crippen LogP contribution in [0.5, 0.6) is 0 Å². The summed E-state index contributed by atoms with van der Waals surface area (Å²) >= 11 is 2.21. The molecule has 0 spiro atoms. The third-order valence-corrected chi connectivity index (χ3v) is 3.92. The van der Waals surface area contributed by atoms with Gasteiger partial charge in [0.2, 0.25) is 0 Å². The summed E-state index contributed by atoms with van der Waals surface area (Å²) in [6.45, 7) is 2.02. The molecule has 1 N–H and O–H groups in total. The van der Waals surface area contributed by atoms with Crippen molar-refractivity contribution in [1.29, 1.82) is 0 Å². The Morgan fingerprint density at radius 1 is 1.12 bits per heavy atom. The summed E-state index contributed by atoms with van der Waals surface area (Å²) in [5.74, 6) is 0. The highest BCUT2D eigenvalue weighted by Gasteiger charge is 2.09. The number of hydrogen-bond donors (Lipinski definition) is 1. The molecule has 2 aromatic carbocycles. The van der Waals surface area contributed by atoms with E-state index >= 15 is 0 Å². The molecule has 0 bridgehead atoms. The zero-order chi connectivity index (χ0) is 12.0. The summed E-state index contributed by atoms with van der Waals surface area (Å²) in [6, 6.07) is 11.7. The molecule has 0 unspecified atom stereocenters. The molecule has 0 saturated heterocycles. The van der Waals surface area contributed by atoms with Crippen molar-refractivity contribution in [3.8, 4) is 0 Å². The van der Waals surface area contributed by atoms with Crippen LogP contribution in [-0.2, 0) is 0 Å². The zero-order valence-electron chi connectivity index (χ0n) is 9.25. The number of nitrogens with one attached hydrogen (secondary N) is 1. The third-order valence-electron chi connectivity index (χ3n) is 3.02. The minimum atomic E-state index is 0.113. The summed E-state index contributed by atoms with van der Waals surface area (Å²) in [5, 5.41) is 1.55. The second kappa shape index (κ2) is 3.84. The Morgan fingerprint density at radius 2 is 1.88 bits per heavy atom. The number of aryl methyl sites for hydroxylation is 1. The smallest absolute Gasteiger partial charge is 0.198 e. The van der Waals surface area contributed by atoms with Gasteiger partial charge in [0.15, 0.2) is 5.43 Å². The first-order valence-electron chi connectivity index (χ1n) is 5.38. The van der Waals surface area contributed by atoms with Gasteiger partial charge in [-0.2, -0.15) is 0 Å². The number of rotatable bonds is 0. The molecule has 1 aromatic heterocycles. The van der Waals surface area contributed by atoms with Crippen LogP contribution in [0, 0.1) is 10.5 Å². The number of pyridine rings is 1. The third kappa shape index (κ3) is 1.57. The number of aromatic amines is 1. The van der Waals surface area contributed by atoms with Gasteiger partial charge in [-0.15, -0.1) is 0 Å². The van der Waals surface area contributed by atoms with Crippen LogP contribution >= 0.6 is 22.6 Å². The molecular formula is C14H10INO. The van der Waals surface area contributed by atoms with E-state index in [0.717, 1.165) is 30.9 Å². The highest BCUT2D eigenvalue weighted by Crippen LogP contribution is 2.22. The van der Waals surface area contributed by atoms with Crippen LogP contribution in [0.4, 0.5) is 0 Å². The largest absolute Gasteiger partial charge is 0.354 e. The van der Waals surface area contributed by atoms with E-state index in [1.54, 1.807) is 0 Å². The molecule has 0 fully saturated rings. The first kappa shape index (κ1) is 10.8. The van der Waals surface area contributed by atoms with Crippen molar-refractivity contribution < 1.29 is 0 Å². The lowest BCUT2D eigenvalue weighted by atomic mass is 10.1. The number of H-pyrrole nitrogens is 1. The van der Waals surface area contributed by atoms with Crippen LogP contribution in [0.1, 0.15) is 5.56 Å². The summed E-state index contributed by atoms with van der Waals surface area (Å²) in [7, 11) is 0. The Bertz CT molecular complexity index is 789. The highest BCUT2D eigenvalue weighted by atomic mass is 127. The van der Waals surface area contributed by atoms with Gasteiger partial charge in [-0.1, -0.05) is 18.2 Å². The molecule has 17 heavy (non-hydrogen) atoms. The maximum Gasteiger partial charge on any atom is 0.198 e. The van der Waals surface area contributed by atoms with Gasteiger partial charge in [-0.05, 0) is 53.3 Å². The molecule has 1 heterocycles.